The summed E-state index contributed by atoms with van der Waals surface area (Å²) in [6, 6.07) is 0. The van der Waals surface area contributed by atoms with E-state index in [1.165, 1.54) is 11.3 Å². The minimum Gasteiger partial charge on any atom is -0.393 e. The van der Waals surface area contributed by atoms with Crippen LogP contribution >= 0.6 is 23.6 Å². The molecule has 1 heterocycles. The molecule has 0 aromatic carbocycles. The molecule has 1 rings (SSSR count). The summed E-state index contributed by atoms with van der Waals surface area (Å²) in [4.78, 5) is 13.1. The summed E-state index contributed by atoms with van der Waals surface area (Å²) >= 11 is 6.15. The third-order valence-electron chi connectivity index (χ3n) is 2.32. The Balaban J connectivity index is 2.97. The van der Waals surface area contributed by atoms with Gasteiger partial charge in [0.2, 0.25) is 0 Å². The van der Waals surface area contributed by atoms with Gasteiger partial charge in [-0.2, -0.15) is 0 Å². The molecule has 1 atom stereocenters. The van der Waals surface area contributed by atoms with Gasteiger partial charge in [-0.15, -0.1) is 0 Å². The summed E-state index contributed by atoms with van der Waals surface area (Å²) in [6.45, 7) is 6.41. The van der Waals surface area contributed by atoms with Crippen molar-refractivity contribution < 1.29 is 0 Å². The molecular formula is C9H14N2OS2. The van der Waals surface area contributed by atoms with Crippen LogP contribution in [0.1, 0.15) is 17.5 Å². The Labute approximate surface area is 92.6 Å². The van der Waals surface area contributed by atoms with Gasteiger partial charge in [0.05, 0.1) is 4.99 Å². The van der Waals surface area contributed by atoms with E-state index < -0.39 is 0 Å². The predicted octanol–water partition coefficient (Wildman–Crippen LogP) is 1.45. The molecule has 0 spiro atoms. The Bertz CT molecular complexity index is 405. The van der Waals surface area contributed by atoms with Crippen molar-refractivity contribution in [1.82, 2.24) is 4.57 Å². The molecule has 78 valence electrons. The zero-order valence-electron chi connectivity index (χ0n) is 8.53. The monoisotopic (exact) mass is 230 g/mol. The second-order valence-electron chi connectivity index (χ2n) is 3.42. The van der Waals surface area contributed by atoms with Crippen molar-refractivity contribution in [3.05, 3.63) is 20.2 Å². The molecule has 1 aromatic heterocycles. The highest BCUT2D eigenvalue weighted by Gasteiger charge is 2.12. The maximum absolute atomic E-state index is 11.5. The molecule has 0 aliphatic heterocycles. The first-order valence-electron chi connectivity index (χ1n) is 4.39. The van der Waals surface area contributed by atoms with E-state index in [2.05, 4.69) is 0 Å². The molecule has 1 aromatic rings. The van der Waals surface area contributed by atoms with Crippen LogP contribution in [0.2, 0.25) is 0 Å². The highest BCUT2D eigenvalue weighted by atomic mass is 32.1. The van der Waals surface area contributed by atoms with Crippen LogP contribution in [-0.4, -0.2) is 9.56 Å². The van der Waals surface area contributed by atoms with E-state index in [1.807, 2.05) is 20.8 Å². The molecule has 0 aliphatic rings. The minimum absolute atomic E-state index is 0.0652. The Hall–Kier alpha value is -0.680. The van der Waals surface area contributed by atoms with Gasteiger partial charge in [-0.1, -0.05) is 30.5 Å². The third-order valence-corrected chi connectivity index (χ3v) is 3.72. The maximum Gasteiger partial charge on any atom is 0.307 e. The molecule has 5 heteroatoms. The largest absolute Gasteiger partial charge is 0.393 e. The topological polar surface area (TPSA) is 48.0 Å². The summed E-state index contributed by atoms with van der Waals surface area (Å²) in [5.74, 6) is 0.0652. The van der Waals surface area contributed by atoms with Gasteiger partial charge in [0, 0.05) is 23.0 Å². The van der Waals surface area contributed by atoms with Gasteiger partial charge in [0.15, 0.2) is 0 Å². The fourth-order valence-corrected chi connectivity index (χ4v) is 2.08. The van der Waals surface area contributed by atoms with Crippen molar-refractivity contribution >= 4 is 28.5 Å². The van der Waals surface area contributed by atoms with Crippen LogP contribution in [0.15, 0.2) is 4.79 Å². The van der Waals surface area contributed by atoms with E-state index in [0.717, 1.165) is 10.6 Å². The molecule has 0 aliphatic carbocycles. The Morgan fingerprint density at radius 1 is 1.64 bits per heavy atom. The van der Waals surface area contributed by atoms with E-state index >= 15 is 0 Å². The summed E-state index contributed by atoms with van der Waals surface area (Å²) in [5.41, 5.74) is 6.53. The van der Waals surface area contributed by atoms with Crippen molar-refractivity contribution in [2.24, 2.45) is 11.7 Å². The van der Waals surface area contributed by atoms with E-state index in [9.17, 15) is 4.79 Å². The average molecular weight is 230 g/mol. The fourth-order valence-electron chi connectivity index (χ4n) is 1.16. The lowest BCUT2D eigenvalue weighted by atomic mass is 10.2. The number of aromatic nitrogens is 1. The first-order chi connectivity index (χ1) is 6.43. The van der Waals surface area contributed by atoms with E-state index in [0.29, 0.717) is 11.5 Å². The summed E-state index contributed by atoms with van der Waals surface area (Å²) in [5, 5.41) is 0. The van der Waals surface area contributed by atoms with Crippen LogP contribution in [-0.2, 0) is 6.54 Å². The van der Waals surface area contributed by atoms with Crippen LogP contribution in [0.5, 0.6) is 0 Å². The predicted molar refractivity (Wildman–Crippen MR) is 64.0 cm³/mol. The summed E-state index contributed by atoms with van der Waals surface area (Å²) in [7, 11) is 0. The standard InChI is InChI=1S/C9H14N2OS2/c1-5(8(10)13)4-11-6(2)7(3)14-9(11)12/h5H,4H2,1-3H3,(H2,10,13). The molecule has 3 nitrogen and oxygen atoms in total. The van der Waals surface area contributed by atoms with Crippen molar-refractivity contribution in [3.63, 3.8) is 0 Å². The van der Waals surface area contributed by atoms with Crippen molar-refractivity contribution in [3.8, 4) is 0 Å². The van der Waals surface area contributed by atoms with Gasteiger partial charge in [-0.3, -0.25) is 4.79 Å². The molecule has 1 unspecified atom stereocenters. The van der Waals surface area contributed by atoms with Gasteiger partial charge < -0.3 is 10.3 Å². The Morgan fingerprint density at radius 3 is 2.57 bits per heavy atom. The highest BCUT2D eigenvalue weighted by molar-refractivity contribution is 7.80. The summed E-state index contributed by atoms with van der Waals surface area (Å²) in [6.07, 6.45) is 0. The Kier molecular flexibility index (Phi) is 3.44. The molecule has 2 N–H and O–H groups in total. The van der Waals surface area contributed by atoms with Gasteiger partial charge in [-0.05, 0) is 13.8 Å². The number of aryl methyl sites for hydroxylation is 1. The lowest BCUT2D eigenvalue weighted by Crippen LogP contribution is -2.27. The van der Waals surface area contributed by atoms with Gasteiger partial charge in [0.25, 0.3) is 0 Å². The first-order valence-corrected chi connectivity index (χ1v) is 5.62. The van der Waals surface area contributed by atoms with E-state index in [1.54, 1.807) is 4.57 Å². The highest BCUT2D eigenvalue weighted by Crippen LogP contribution is 2.11. The zero-order chi connectivity index (χ0) is 10.9. The molecule has 0 saturated heterocycles. The zero-order valence-corrected chi connectivity index (χ0v) is 10.2. The van der Waals surface area contributed by atoms with Crippen LogP contribution < -0.4 is 10.6 Å². The van der Waals surface area contributed by atoms with E-state index in [-0.39, 0.29) is 10.8 Å². The average Bonchev–Trinajstić information content (AvgIpc) is 2.32. The molecule has 0 radical (unpaired) electrons. The maximum atomic E-state index is 11.5. The normalized spacial score (nSPS) is 12.8. The number of nitrogens with zero attached hydrogens (tertiary/aromatic N) is 1. The fraction of sp³-hybridized carbons (Fsp3) is 0.556. The molecule has 14 heavy (non-hydrogen) atoms. The second kappa shape index (κ2) is 4.23. The number of thiocarbonyl (C=S) groups is 1. The number of hydrogen-bond acceptors (Lipinski definition) is 3. The number of hydrogen-bond donors (Lipinski definition) is 1. The van der Waals surface area contributed by atoms with Gasteiger partial charge >= 0.3 is 4.87 Å². The Morgan fingerprint density at radius 2 is 2.21 bits per heavy atom. The lowest BCUT2D eigenvalue weighted by molar-refractivity contribution is 0.578. The second-order valence-corrected chi connectivity index (χ2v) is 5.06. The van der Waals surface area contributed by atoms with Crippen molar-refractivity contribution in [2.75, 3.05) is 0 Å². The van der Waals surface area contributed by atoms with Crippen molar-refractivity contribution in [2.45, 2.75) is 27.3 Å². The van der Waals surface area contributed by atoms with Gasteiger partial charge in [-0.25, -0.2) is 0 Å². The first kappa shape index (κ1) is 11.4. The number of nitrogens with two attached hydrogens (primary N) is 1. The smallest absolute Gasteiger partial charge is 0.307 e. The van der Waals surface area contributed by atoms with Crippen LogP contribution in [0.4, 0.5) is 0 Å². The molecular weight excluding hydrogens is 216 g/mol. The van der Waals surface area contributed by atoms with Gasteiger partial charge in [0.1, 0.15) is 0 Å². The van der Waals surface area contributed by atoms with Crippen LogP contribution in [0.3, 0.4) is 0 Å². The molecule has 0 bridgehead atoms. The van der Waals surface area contributed by atoms with Crippen LogP contribution in [0.25, 0.3) is 0 Å². The quantitative estimate of drug-likeness (QED) is 0.800. The molecule has 0 fully saturated rings. The number of thiazole rings is 1. The number of rotatable bonds is 3. The summed E-state index contributed by atoms with van der Waals surface area (Å²) < 4.78 is 1.74. The minimum atomic E-state index is 0.0652. The molecule has 0 amide bonds. The van der Waals surface area contributed by atoms with Crippen molar-refractivity contribution in [1.29, 1.82) is 0 Å². The van der Waals surface area contributed by atoms with Crippen LogP contribution in [0, 0.1) is 19.8 Å². The third kappa shape index (κ3) is 2.22. The van der Waals surface area contributed by atoms with E-state index in [4.69, 9.17) is 18.0 Å². The molecule has 0 saturated carbocycles. The lowest BCUT2D eigenvalue weighted by Gasteiger charge is -2.11. The SMILES string of the molecule is Cc1sc(=O)n(CC(C)C(N)=S)c1C.